The number of hydrogen-bond donors (Lipinski definition) is 3. The number of carbonyl (C=O) groups excluding carboxylic acids is 2. The molecule has 11 heteroatoms. The average Bonchev–Trinajstić information content (AvgIpc) is 3.34. The summed E-state index contributed by atoms with van der Waals surface area (Å²) in [5.41, 5.74) is 0.722. The molecule has 1 heterocycles. The van der Waals surface area contributed by atoms with Gasteiger partial charge in [-0.3, -0.25) is 9.59 Å². The molecule has 3 N–H and O–H groups in total. The summed E-state index contributed by atoms with van der Waals surface area (Å²) in [7, 11) is -3.89. The van der Waals surface area contributed by atoms with E-state index in [1.165, 1.54) is 24.5 Å². The molecule has 0 atom stereocenters. The highest BCUT2D eigenvalue weighted by Gasteiger charge is 2.30. The quantitative estimate of drug-likeness (QED) is 0.446. The molecule has 0 aliphatic heterocycles. The van der Waals surface area contributed by atoms with Crippen molar-refractivity contribution in [1.82, 2.24) is 4.72 Å². The zero-order chi connectivity index (χ0) is 22.9. The van der Waals surface area contributed by atoms with Gasteiger partial charge in [-0.1, -0.05) is 29.3 Å². The minimum absolute atomic E-state index is 0.000138. The number of amides is 2. The van der Waals surface area contributed by atoms with Crippen molar-refractivity contribution < 1.29 is 22.4 Å². The number of furan rings is 1. The molecule has 1 fully saturated rings. The predicted molar refractivity (Wildman–Crippen MR) is 121 cm³/mol. The van der Waals surface area contributed by atoms with Gasteiger partial charge in [0.05, 0.1) is 21.9 Å². The standard InChI is InChI=1S/C21H17Cl2N3O5S/c22-16-11-17(23)19(32(29,30)26-12-6-7-12)10-15(16)20(27)24-13-3-1-4-14(9-13)25-21(28)18-5-2-8-31-18/h1-5,8-12,26H,6-7H2,(H,24,27)(H,25,28). The molecule has 0 bridgehead atoms. The third-order valence-electron chi connectivity index (χ3n) is 4.58. The minimum Gasteiger partial charge on any atom is -0.459 e. The maximum atomic E-state index is 12.8. The fourth-order valence-electron chi connectivity index (χ4n) is 2.87. The Labute approximate surface area is 193 Å². The lowest BCUT2D eigenvalue weighted by Gasteiger charge is -2.12. The smallest absolute Gasteiger partial charge is 0.291 e. The maximum Gasteiger partial charge on any atom is 0.291 e. The van der Waals surface area contributed by atoms with E-state index < -0.39 is 21.8 Å². The van der Waals surface area contributed by atoms with Crippen LogP contribution in [0.4, 0.5) is 11.4 Å². The molecule has 1 aliphatic rings. The Kier molecular flexibility index (Phi) is 6.25. The molecule has 1 saturated carbocycles. The zero-order valence-electron chi connectivity index (χ0n) is 16.4. The molecule has 2 aromatic carbocycles. The number of rotatable bonds is 7. The summed E-state index contributed by atoms with van der Waals surface area (Å²) >= 11 is 12.2. The molecule has 32 heavy (non-hydrogen) atoms. The molecule has 0 spiro atoms. The molecule has 4 rings (SSSR count). The van der Waals surface area contributed by atoms with Gasteiger partial charge in [0.15, 0.2) is 5.76 Å². The molecule has 2 amide bonds. The van der Waals surface area contributed by atoms with Gasteiger partial charge in [-0.2, -0.15) is 0 Å². The van der Waals surface area contributed by atoms with Crippen molar-refractivity contribution in [2.24, 2.45) is 0 Å². The summed E-state index contributed by atoms with van der Waals surface area (Å²) in [6, 6.07) is 11.8. The normalized spacial score (nSPS) is 13.6. The Morgan fingerprint density at radius 3 is 2.22 bits per heavy atom. The highest BCUT2D eigenvalue weighted by molar-refractivity contribution is 7.89. The Bertz CT molecular complexity index is 1290. The lowest BCUT2D eigenvalue weighted by Crippen LogP contribution is -2.26. The van der Waals surface area contributed by atoms with Crippen LogP contribution in [0.3, 0.4) is 0 Å². The summed E-state index contributed by atoms with van der Waals surface area (Å²) in [6.45, 7) is 0. The number of carbonyl (C=O) groups is 2. The Morgan fingerprint density at radius 1 is 0.906 bits per heavy atom. The number of sulfonamides is 1. The molecular formula is C21H17Cl2N3O5S. The summed E-state index contributed by atoms with van der Waals surface area (Å²) in [5, 5.41) is 5.22. The first-order chi connectivity index (χ1) is 15.2. The first kappa shape index (κ1) is 22.3. The first-order valence-corrected chi connectivity index (χ1v) is 11.7. The third-order valence-corrected chi connectivity index (χ3v) is 6.88. The summed E-state index contributed by atoms with van der Waals surface area (Å²) in [4.78, 5) is 24.7. The topological polar surface area (TPSA) is 118 Å². The van der Waals surface area contributed by atoms with Crippen molar-refractivity contribution >= 4 is 56.4 Å². The van der Waals surface area contributed by atoms with E-state index in [1.807, 2.05) is 0 Å². The number of hydrogen-bond acceptors (Lipinski definition) is 5. The van der Waals surface area contributed by atoms with Gasteiger partial charge in [0.2, 0.25) is 10.0 Å². The zero-order valence-corrected chi connectivity index (χ0v) is 18.7. The monoisotopic (exact) mass is 493 g/mol. The van der Waals surface area contributed by atoms with Crippen LogP contribution in [0.25, 0.3) is 0 Å². The van der Waals surface area contributed by atoms with Crippen LogP contribution in [0, 0.1) is 0 Å². The van der Waals surface area contributed by atoms with E-state index >= 15 is 0 Å². The molecule has 0 radical (unpaired) electrons. The average molecular weight is 494 g/mol. The van der Waals surface area contributed by atoms with Gasteiger partial charge in [0.25, 0.3) is 11.8 Å². The lowest BCUT2D eigenvalue weighted by atomic mass is 10.2. The van der Waals surface area contributed by atoms with E-state index in [-0.39, 0.29) is 32.3 Å². The van der Waals surface area contributed by atoms with Gasteiger partial charge in [-0.25, -0.2) is 13.1 Å². The third kappa shape index (κ3) is 5.13. The van der Waals surface area contributed by atoms with Gasteiger partial charge in [0.1, 0.15) is 4.90 Å². The van der Waals surface area contributed by atoms with Crippen LogP contribution in [0.15, 0.2) is 64.1 Å². The van der Waals surface area contributed by atoms with Crippen molar-refractivity contribution in [1.29, 1.82) is 0 Å². The molecule has 8 nitrogen and oxygen atoms in total. The molecule has 3 aromatic rings. The van der Waals surface area contributed by atoms with E-state index in [0.717, 1.165) is 18.9 Å². The number of halogens is 2. The van der Waals surface area contributed by atoms with E-state index in [0.29, 0.717) is 11.4 Å². The fourth-order valence-corrected chi connectivity index (χ4v) is 5.03. The Hall–Kier alpha value is -2.85. The van der Waals surface area contributed by atoms with Crippen LogP contribution in [-0.4, -0.2) is 26.3 Å². The fraction of sp³-hybridized carbons (Fsp3) is 0.143. The summed E-state index contributed by atoms with van der Waals surface area (Å²) < 4.78 is 32.7. The van der Waals surface area contributed by atoms with Crippen LogP contribution in [0.2, 0.25) is 10.0 Å². The summed E-state index contributed by atoms with van der Waals surface area (Å²) in [6.07, 6.45) is 2.89. The maximum absolute atomic E-state index is 12.8. The van der Waals surface area contributed by atoms with E-state index in [9.17, 15) is 18.0 Å². The van der Waals surface area contributed by atoms with Gasteiger partial charge < -0.3 is 15.1 Å². The molecule has 0 unspecified atom stereocenters. The van der Waals surface area contributed by atoms with Crippen LogP contribution in [0.5, 0.6) is 0 Å². The second-order valence-corrected chi connectivity index (χ2v) is 9.62. The van der Waals surface area contributed by atoms with E-state index in [2.05, 4.69) is 15.4 Å². The van der Waals surface area contributed by atoms with Crippen LogP contribution in [0.1, 0.15) is 33.8 Å². The molecule has 1 aromatic heterocycles. The lowest BCUT2D eigenvalue weighted by molar-refractivity contribution is 0.0995. The van der Waals surface area contributed by atoms with Crippen molar-refractivity contribution in [3.05, 3.63) is 76.2 Å². The molecule has 1 aliphatic carbocycles. The second-order valence-electron chi connectivity index (χ2n) is 7.12. The summed E-state index contributed by atoms with van der Waals surface area (Å²) in [5.74, 6) is -0.942. The van der Waals surface area contributed by atoms with Crippen molar-refractivity contribution in [2.75, 3.05) is 10.6 Å². The van der Waals surface area contributed by atoms with Crippen LogP contribution < -0.4 is 15.4 Å². The second kappa shape index (κ2) is 8.95. The van der Waals surface area contributed by atoms with Crippen LogP contribution in [-0.2, 0) is 10.0 Å². The van der Waals surface area contributed by atoms with Crippen molar-refractivity contribution in [2.45, 2.75) is 23.8 Å². The van der Waals surface area contributed by atoms with Gasteiger partial charge in [0, 0.05) is 17.4 Å². The van der Waals surface area contributed by atoms with Crippen LogP contribution >= 0.6 is 23.2 Å². The predicted octanol–water partition coefficient (Wildman–Crippen LogP) is 4.53. The molecule has 0 saturated heterocycles. The van der Waals surface area contributed by atoms with Gasteiger partial charge in [-0.15, -0.1) is 0 Å². The highest BCUT2D eigenvalue weighted by atomic mass is 35.5. The first-order valence-electron chi connectivity index (χ1n) is 9.50. The SMILES string of the molecule is O=C(Nc1cccc(NC(=O)c2cc(S(=O)(=O)NC3CC3)c(Cl)cc2Cl)c1)c1ccco1. The number of nitrogens with one attached hydrogen (secondary N) is 3. The Morgan fingerprint density at radius 2 is 1.59 bits per heavy atom. The van der Waals surface area contributed by atoms with Gasteiger partial charge >= 0.3 is 0 Å². The van der Waals surface area contributed by atoms with Crippen molar-refractivity contribution in [3.8, 4) is 0 Å². The van der Waals surface area contributed by atoms with Crippen molar-refractivity contribution in [3.63, 3.8) is 0 Å². The van der Waals surface area contributed by atoms with E-state index in [4.69, 9.17) is 27.6 Å². The number of benzene rings is 2. The number of anilines is 2. The van der Waals surface area contributed by atoms with Gasteiger partial charge in [-0.05, 0) is 55.3 Å². The minimum atomic E-state index is -3.89. The highest BCUT2D eigenvalue weighted by Crippen LogP contribution is 2.31. The molecular weight excluding hydrogens is 477 g/mol. The molecule has 166 valence electrons. The largest absolute Gasteiger partial charge is 0.459 e. The van der Waals surface area contributed by atoms with E-state index in [1.54, 1.807) is 24.3 Å². The Balaban J connectivity index is 1.54.